The highest BCUT2D eigenvalue weighted by molar-refractivity contribution is 7.91. The predicted molar refractivity (Wildman–Crippen MR) is 74.2 cm³/mol. The highest BCUT2D eigenvalue weighted by Gasteiger charge is 2.44. The van der Waals surface area contributed by atoms with Crippen molar-refractivity contribution < 1.29 is 34.2 Å². The molecule has 4 atom stereocenters. The number of unbranched alkanes of at least 4 members (excludes halogenated alkanes) is 1. The summed E-state index contributed by atoms with van der Waals surface area (Å²) in [5.74, 6) is -4.26. The number of hydrogen-bond acceptors (Lipinski definition) is 6. The van der Waals surface area contributed by atoms with Crippen molar-refractivity contribution in [2.24, 2.45) is 10.9 Å². The van der Waals surface area contributed by atoms with Crippen molar-refractivity contribution in [2.45, 2.75) is 31.2 Å². The molecule has 8 nitrogen and oxygen atoms in total. The van der Waals surface area contributed by atoms with E-state index < -0.39 is 45.8 Å². The van der Waals surface area contributed by atoms with Crippen molar-refractivity contribution in [2.75, 3.05) is 6.61 Å². The zero-order valence-electron chi connectivity index (χ0n) is 11.3. The average Bonchev–Trinajstić information content (AvgIpc) is 2.68. The van der Waals surface area contributed by atoms with Crippen LogP contribution in [0, 0.1) is 5.92 Å². The maximum Gasteiger partial charge on any atom is 0.355 e. The minimum absolute atomic E-state index is 0.0622. The van der Waals surface area contributed by atoms with E-state index in [1.807, 2.05) is 0 Å². The van der Waals surface area contributed by atoms with E-state index in [9.17, 15) is 18.9 Å². The number of rotatable bonds is 7. The predicted octanol–water partition coefficient (Wildman–Crippen LogP) is -0.662. The first-order chi connectivity index (χ1) is 9.81. The average molecular weight is 319 g/mol. The van der Waals surface area contributed by atoms with Gasteiger partial charge < -0.3 is 20.4 Å². The van der Waals surface area contributed by atoms with Crippen molar-refractivity contribution in [3.63, 3.8) is 0 Å². The fraction of sp³-hybridized carbons (Fsp3) is 0.583. The van der Waals surface area contributed by atoms with Crippen LogP contribution in [0.25, 0.3) is 0 Å². The number of aliphatic carboxylic acids is 2. The van der Waals surface area contributed by atoms with E-state index in [1.54, 1.807) is 0 Å². The quantitative estimate of drug-likeness (QED) is 0.456. The van der Waals surface area contributed by atoms with Gasteiger partial charge in [-0.2, -0.15) is 0 Å². The molecule has 0 saturated heterocycles. The van der Waals surface area contributed by atoms with E-state index >= 15 is 0 Å². The van der Waals surface area contributed by atoms with Crippen molar-refractivity contribution in [3.05, 3.63) is 11.0 Å². The van der Waals surface area contributed by atoms with Crippen LogP contribution in [-0.2, 0) is 20.4 Å². The lowest BCUT2D eigenvalue weighted by Gasteiger charge is -2.18. The topological polar surface area (TPSA) is 144 Å². The minimum Gasteiger partial charge on any atom is -0.481 e. The van der Waals surface area contributed by atoms with Gasteiger partial charge in [-0.15, -0.1) is 0 Å². The van der Waals surface area contributed by atoms with Crippen LogP contribution in [0.4, 0.5) is 0 Å². The van der Waals surface area contributed by atoms with Gasteiger partial charge in [0.2, 0.25) is 0 Å². The van der Waals surface area contributed by atoms with E-state index in [-0.39, 0.29) is 11.5 Å². The molecule has 118 valence electrons. The number of aliphatic hydroxyl groups is 2. The van der Waals surface area contributed by atoms with Gasteiger partial charge in [0.15, 0.2) is 5.71 Å². The number of allylic oxidation sites excluding steroid dienone is 1. The largest absolute Gasteiger partial charge is 0.481 e. The molecule has 1 aliphatic rings. The SMILES string of the molecule is C[C@@H](O)[C@@H](C(=O)O)[C@@H]1N=C(C(=O)O)/C(=C/CCCO)S1=O. The molecule has 1 rings (SSSR count). The van der Waals surface area contributed by atoms with Crippen LogP contribution in [0.2, 0.25) is 0 Å². The smallest absolute Gasteiger partial charge is 0.355 e. The zero-order valence-corrected chi connectivity index (χ0v) is 12.1. The fourth-order valence-electron chi connectivity index (χ4n) is 1.91. The normalized spacial score (nSPS) is 26.4. The van der Waals surface area contributed by atoms with Gasteiger partial charge in [0, 0.05) is 6.61 Å². The monoisotopic (exact) mass is 319 g/mol. The van der Waals surface area contributed by atoms with Crippen LogP contribution in [-0.4, -0.2) is 60.4 Å². The molecule has 1 heterocycles. The second-order valence-corrected chi connectivity index (χ2v) is 6.03. The first-order valence-corrected chi connectivity index (χ1v) is 7.46. The molecule has 0 radical (unpaired) electrons. The fourth-order valence-corrected chi connectivity index (χ4v) is 3.59. The third-order valence-electron chi connectivity index (χ3n) is 2.93. The molecule has 0 saturated carbocycles. The third-order valence-corrected chi connectivity index (χ3v) is 4.56. The lowest BCUT2D eigenvalue weighted by molar-refractivity contribution is -0.145. The molecule has 0 fully saturated rings. The summed E-state index contributed by atoms with van der Waals surface area (Å²) in [6.07, 6.45) is 0.701. The van der Waals surface area contributed by atoms with Gasteiger partial charge in [0.05, 0.1) is 21.8 Å². The second-order valence-electron chi connectivity index (χ2n) is 4.51. The molecule has 0 aliphatic carbocycles. The molecule has 4 N–H and O–H groups in total. The lowest BCUT2D eigenvalue weighted by Crippen LogP contribution is -2.36. The summed E-state index contributed by atoms with van der Waals surface area (Å²) in [7, 11) is -1.97. The summed E-state index contributed by atoms with van der Waals surface area (Å²) in [5, 5.41) is 35.0. The van der Waals surface area contributed by atoms with Crippen molar-refractivity contribution in [3.8, 4) is 0 Å². The first-order valence-electron chi connectivity index (χ1n) is 6.25. The maximum absolute atomic E-state index is 12.3. The van der Waals surface area contributed by atoms with Gasteiger partial charge in [0.1, 0.15) is 11.3 Å². The van der Waals surface area contributed by atoms with Gasteiger partial charge in [-0.25, -0.2) is 4.79 Å². The molecule has 21 heavy (non-hydrogen) atoms. The Labute approximate surface area is 123 Å². The maximum atomic E-state index is 12.3. The summed E-state index contributed by atoms with van der Waals surface area (Å²) in [5.41, 5.74) is -0.455. The van der Waals surface area contributed by atoms with Crippen LogP contribution in [0.15, 0.2) is 16.0 Å². The van der Waals surface area contributed by atoms with E-state index in [0.717, 1.165) is 0 Å². The Hall–Kier alpha value is -1.58. The Balaban J connectivity index is 3.15. The Kier molecular flexibility index (Phi) is 6.19. The first kappa shape index (κ1) is 17.5. The molecule has 0 aromatic heterocycles. The van der Waals surface area contributed by atoms with Crippen molar-refractivity contribution in [1.29, 1.82) is 0 Å². The number of hydrogen-bond donors (Lipinski definition) is 4. The molecule has 9 heteroatoms. The Morgan fingerprint density at radius 2 is 2.05 bits per heavy atom. The second kappa shape index (κ2) is 7.43. The molecule has 0 aromatic rings. The van der Waals surface area contributed by atoms with E-state index in [2.05, 4.69) is 4.99 Å². The van der Waals surface area contributed by atoms with Crippen molar-refractivity contribution in [1.82, 2.24) is 0 Å². The Morgan fingerprint density at radius 3 is 2.48 bits per heavy atom. The van der Waals surface area contributed by atoms with E-state index in [4.69, 9.17) is 15.3 Å². The molecule has 0 amide bonds. The summed E-state index contributed by atoms with van der Waals surface area (Å²) in [6, 6.07) is 0. The molecule has 1 unspecified atom stereocenters. The Morgan fingerprint density at radius 1 is 1.43 bits per heavy atom. The Bertz CT molecular complexity index is 512. The van der Waals surface area contributed by atoms with Gasteiger partial charge in [-0.05, 0) is 19.8 Å². The molecule has 0 bridgehead atoms. The third kappa shape index (κ3) is 3.96. The van der Waals surface area contributed by atoms with Crippen LogP contribution in [0.5, 0.6) is 0 Å². The lowest BCUT2D eigenvalue weighted by atomic mass is 10.0. The zero-order chi connectivity index (χ0) is 16.2. The van der Waals surface area contributed by atoms with Crippen LogP contribution in [0.3, 0.4) is 0 Å². The molecule has 0 spiro atoms. The van der Waals surface area contributed by atoms with Crippen molar-refractivity contribution >= 4 is 28.4 Å². The molecular weight excluding hydrogens is 302 g/mol. The van der Waals surface area contributed by atoms with E-state index in [1.165, 1.54) is 13.0 Å². The van der Waals surface area contributed by atoms with Gasteiger partial charge in [-0.3, -0.25) is 14.0 Å². The summed E-state index contributed by atoms with van der Waals surface area (Å²) < 4.78 is 12.3. The van der Waals surface area contributed by atoms with Gasteiger partial charge >= 0.3 is 11.9 Å². The molecule has 0 aromatic carbocycles. The number of carboxylic acids is 2. The van der Waals surface area contributed by atoms with Gasteiger partial charge in [0.25, 0.3) is 0 Å². The van der Waals surface area contributed by atoms with Gasteiger partial charge in [-0.1, -0.05) is 6.08 Å². The highest BCUT2D eigenvalue weighted by atomic mass is 32.2. The summed E-state index contributed by atoms with van der Waals surface area (Å²) in [6.45, 7) is 1.12. The summed E-state index contributed by atoms with van der Waals surface area (Å²) in [4.78, 5) is 25.9. The highest BCUT2D eigenvalue weighted by Crippen LogP contribution is 2.29. The number of carbonyl (C=O) groups is 2. The number of aliphatic hydroxyl groups excluding tert-OH is 2. The number of aliphatic imine (C=N–C) groups is 1. The van der Waals surface area contributed by atoms with E-state index in [0.29, 0.717) is 12.8 Å². The molecular formula is C12H17NO7S. The molecule has 1 aliphatic heterocycles. The number of carboxylic acid groups (broad SMARTS) is 2. The standard InChI is InChI=1S/C12H17NO7S/c1-6(15)8(11(16)17)10-13-9(12(18)19)7(21(10)20)4-2-3-5-14/h4,6,8,10,14-15H,2-3,5H2,1H3,(H,16,17)(H,18,19)/b7-4-/t6-,8-,10-,21?/m1/s1. The summed E-state index contributed by atoms with van der Waals surface area (Å²) >= 11 is 0. The minimum atomic E-state index is -1.97. The number of nitrogens with zero attached hydrogens (tertiary/aromatic N) is 1. The van der Waals surface area contributed by atoms with Crippen LogP contribution >= 0.6 is 0 Å². The van der Waals surface area contributed by atoms with Crippen LogP contribution < -0.4 is 0 Å². The van der Waals surface area contributed by atoms with Crippen LogP contribution in [0.1, 0.15) is 19.8 Å².